The van der Waals surface area contributed by atoms with E-state index < -0.39 is 0 Å². The topological polar surface area (TPSA) is 41.6 Å². The molecule has 0 radical (unpaired) electrons. The molecule has 3 unspecified atom stereocenters. The third kappa shape index (κ3) is 2.85. The van der Waals surface area contributed by atoms with E-state index in [0.717, 1.165) is 12.8 Å². The molecule has 4 nitrogen and oxygen atoms in total. The highest BCUT2D eigenvalue weighted by Crippen LogP contribution is 2.43. The van der Waals surface area contributed by atoms with Crippen molar-refractivity contribution in [3.8, 4) is 0 Å². The number of hydrogen-bond acceptors (Lipinski definition) is 3. The van der Waals surface area contributed by atoms with Crippen molar-refractivity contribution in [3.05, 3.63) is 36.2 Å². The summed E-state index contributed by atoms with van der Waals surface area (Å²) in [6.45, 7) is 2.63. The van der Waals surface area contributed by atoms with Crippen LogP contribution in [-0.2, 0) is 9.53 Å². The van der Waals surface area contributed by atoms with Crippen LogP contribution in [0.1, 0.15) is 12.8 Å². The van der Waals surface area contributed by atoms with Crippen LogP contribution in [0.4, 0.5) is 15.8 Å². The third-order valence-electron chi connectivity index (χ3n) is 5.18. The number of benzene rings is 1. The second-order valence-electron chi connectivity index (χ2n) is 6.64. The summed E-state index contributed by atoms with van der Waals surface area (Å²) in [6.07, 6.45) is 6.37. The molecule has 1 aliphatic heterocycles. The van der Waals surface area contributed by atoms with Gasteiger partial charge in [0.15, 0.2) is 0 Å². The molecule has 1 amide bonds. The lowest BCUT2D eigenvalue weighted by Gasteiger charge is -2.29. The summed E-state index contributed by atoms with van der Waals surface area (Å²) in [5.74, 6) is 0.665. The largest absolute Gasteiger partial charge is 0.378 e. The molecule has 1 aromatic carbocycles. The number of fused-ring (bicyclic) bond motifs is 2. The monoisotopic (exact) mass is 316 g/mol. The lowest BCUT2D eigenvalue weighted by atomic mass is 9.93. The Morgan fingerprint density at radius 3 is 2.70 bits per heavy atom. The molecule has 0 spiro atoms. The van der Waals surface area contributed by atoms with E-state index in [1.165, 1.54) is 6.07 Å². The molecule has 2 bridgehead atoms. The molecule has 3 atom stereocenters. The number of ether oxygens (including phenoxy) is 1. The van der Waals surface area contributed by atoms with Crippen LogP contribution in [0.5, 0.6) is 0 Å². The number of carbonyl (C=O) groups excluding carboxylic acids is 1. The summed E-state index contributed by atoms with van der Waals surface area (Å²) in [4.78, 5) is 14.4. The van der Waals surface area contributed by atoms with Crippen LogP contribution in [0.25, 0.3) is 0 Å². The molecule has 23 heavy (non-hydrogen) atoms. The van der Waals surface area contributed by atoms with Crippen LogP contribution in [-0.4, -0.2) is 32.2 Å². The summed E-state index contributed by atoms with van der Waals surface area (Å²) >= 11 is 0. The minimum absolute atomic E-state index is 0.0142. The van der Waals surface area contributed by atoms with Gasteiger partial charge in [-0.2, -0.15) is 0 Å². The molecule has 4 rings (SSSR count). The Bertz CT molecular complexity index is 640. The van der Waals surface area contributed by atoms with Gasteiger partial charge in [0.2, 0.25) is 5.91 Å². The van der Waals surface area contributed by atoms with E-state index in [1.54, 1.807) is 12.1 Å². The smallest absolute Gasteiger partial charge is 0.228 e. The first-order chi connectivity index (χ1) is 11.2. The van der Waals surface area contributed by atoms with Gasteiger partial charge in [-0.25, -0.2) is 4.39 Å². The minimum Gasteiger partial charge on any atom is -0.378 e. The molecule has 1 saturated heterocycles. The summed E-state index contributed by atoms with van der Waals surface area (Å²) in [6, 6.07) is 4.96. The summed E-state index contributed by atoms with van der Waals surface area (Å²) < 4.78 is 19.7. The Labute approximate surface area is 135 Å². The van der Waals surface area contributed by atoms with E-state index in [4.69, 9.17) is 4.74 Å². The number of nitrogens with one attached hydrogen (secondary N) is 1. The van der Waals surface area contributed by atoms with Crippen LogP contribution in [0.15, 0.2) is 30.4 Å². The molecule has 3 aliphatic rings. The van der Waals surface area contributed by atoms with Gasteiger partial charge >= 0.3 is 0 Å². The van der Waals surface area contributed by atoms with E-state index in [-0.39, 0.29) is 17.6 Å². The quantitative estimate of drug-likeness (QED) is 0.872. The third-order valence-corrected chi connectivity index (χ3v) is 5.18. The highest BCUT2D eigenvalue weighted by molar-refractivity contribution is 5.93. The van der Waals surface area contributed by atoms with Gasteiger partial charge in [0.1, 0.15) is 5.82 Å². The van der Waals surface area contributed by atoms with Gasteiger partial charge in [0.25, 0.3) is 0 Å². The SMILES string of the molecule is O=C(Nc1ccc(N2CCOCC2)c(F)c1)C1CC2C=CC1C2. The summed E-state index contributed by atoms with van der Waals surface area (Å²) in [5.41, 5.74) is 1.12. The van der Waals surface area contributed by atoms with Crippen molar-refractivity contribution in [1.82, 2.24) is 0 Å². The second-order valence-corrected chi connectivity index (χ2v) is 6.64. The zero-order valence-corrected chi connectivity index (χ0v) is 13.0. The standard InChI is InChI=1S/C18H21FN2O2/c19-16-11-14(3-4-17(16)21-5-7-23-8-6-21)20-18(22)15-10-12-1-2-13(15)9-12/h1-4,11-13,15H,5-10H2,(H,20,22). The van der Waals surface area contributed by atoms with Gasteiger partial charge in [-0.1, -0.05) is 12.2 Å². The predicted molar refractivity (Wildman–Crippen MR) is 86.9 cm³/mol. The summed E-state index contributed by atoms with van der Waals surface area (Å²) in [5, 5.41) is 2.88. The first kappa shape index (κ1) is 14.7. The highest BCUT2D eigenvalue weighted by Gasteiger charge is 2.39. The average Bonchev–Trinajstić information content (AvgIpc) is 3.19. The molecular weight excluding hydrogens is 295 g/mol. The molecule has 2 aliphatic carbocycles. The number of hydrogen-bond donors (Lipinski definition) is 1. The van der Waals surface area contributed by atoms with Crippen LogP contribution in [0.2, 0.25) is 0 Å². The Kier molecular flexibility index (Phi) is 3.81. The Balaban J connectivity index is 1.44. The fourth-order valence-electron chi connectivity index (χ4n) is 3.96. The Hall–Kier alpha value is -1.88. The molecule has 1 heterocycles. The van der Waals surface area contributed by atoms with Crippen LogP contribution < -0.4 is 10.2 Å². The van der Waals surface area contributed by atoms with E-state index in [0.29, 0.717) is 49.5 Å². The van der Waals surface area contributed by atoms with E-state index in [2.05, 4.69) is 17.5 Å². The average molecular weight is 316 g/mol. The van der Waals surface area contributed by atoms with Crippen molar-refractivity contribution in [2.75, 3.05) is 36.5 Å². The molecule has 122 valence electrons. The normalized spacial score (nSPS) is 29.1. The van der Waals surface area contributed by atoms with E-state index >= 15 is 0 Å². The number of carbonyl (C=O) groups is 1. The zero-order chi connectivity index (χ0) is 15.8. The summed E-state index contributed by atoms with van der Waals surface area (Å²) in [7, 11) is 0. The van der Waals surface area contributed by atoms with Gasteiger partial charge in [0.05, 0.1) is 18.9 Å². The minimum atomic E-state index is -0.294. The van der Waals surface area contributed by atoms with Gasteiger partial charge in [-0.3, -0.25) is 4.79 Å². The fourth-order valence-corrected chi connectivity index (χ4v) is 3.96. The van der Waals surface area contributed by atoms with Crippen molar-refractivity contribution in [2.45, 2.75) is 12.8 Å². The lowest BCUT2D eigenvalue weighted by molar-refractivity contribution is -0.120. The van der Waals surface area contributed by atoms with Gasteiger partial charge in [-0.05, 0) is 42.9 Å². The number of morpholine rings is 1. The molecule has 2 fully saturated rings. The fraction of sp³-hybridized carbons (Fsp3) is 0.500. The first-order valence-electron chi connectivity index (χ1n) is 8.32. The highest BCUT2D eigenvalue weighted by atomic mass is 19.1. The lowest BCUT2D eigenvalue weighted by Crippen LogP contribution is -2.36. The van der Waals surface area contributed by atoms with Gasteiger partial charge < -0.3 is 15.0 Å². The maximum absolute atomic E-state index is 14.4. The number of anilines is 2. The van der Waals surface area contributed by atoms with Crippen molar-refractivity contribution in [1.29, 1.82) is 0 Å². The number of nitrogens with zero attached hydrogens (tertiary/aromatic N) is 1. The van der Waals surface area contributed by atoms with Crippen LogP contribution in [0.3, 0.4) is 0 Å². The van der Waals surface area contributed by atoms with E-state index in [9.17, 15) is 9.18 Å². The maximum atomic E-state index is 14.4. The van der Waals surface area contributed by atoms with Crippen molar-refractivity contribution >= 4 is 17.3 Å². The molecule has 1 N–H and O–H groups in total. The number of amides is 1. The predicted octanol–water partition coefficient (Wildman–Crippen LogP) is 2.81. The molecule has 1 saturated carbocycles. The zero-order valence-electron chi connectivity index (χ0n) is 13.0. The molecule has 1 aromatic rings. The molecule has 0 aromatic heterocycles. The number of halogens is 1. The molecule has 5 heteroatoms. The maximum Gasteiger partial charge on any atom is 0.228 e. The van der Waals surface area contributed by atoms with Crippen LogP contribution in [0, 0.1) is 23.6 Å². The van der Waals surface area contributed by atoms with Crippen LogP contribution >= 0.6 is 0 Å². The molecular formula is C18H21FN2O2. The Morgan fingerprint density at radius 1 is 1.22 bits per heavy atom. The van der Waals surface area contributed by atoms with E-state index in [1.807, 2.05) is 4.90 Å². The number of rotatable bonds is 3. The second kappa shape index (κ2) is 5.96. The van der Waals surface area contributed by atoms with Gasteiger partial charge in [0, 0.05) is 24.7 Å². The van der Waals surface area contributed by atoms with Gasteiger partial charge in [-0.15, -0.1) is 0 Å². The Morgan fingerprint density at radius 2 is 2.04 bits per heavy atom. The number of allylic oxidation sites excluding steroid dienone is 2. The van der Waals surface area contributed by atoms with Crippen molar-refractivity contribution in [2.24, 2.45) is 17.8 Å². The van der Waals surface area contributed by atoms with Crippen molar-refractivity contribution in [3.63, 3.8) is 0 Å². The van der Waals surface area contributed by atoms with Crippen molar-refractivity contribution < 1.29 is 13.9 Å². The first-order valence-corrected chi connectivity index (χ1v) is 8.32.